The number of para-hydroxylation sites is 1. The Labute approximate surface area is 177 Å². The van der Waals surface area contributed by atoms with Crippen molar-refractivity contribution < 1.29 is 18.8 Å². The lowest BCUT2D eigenvalue weighted by Gasteiger charge is -2.29. The number of carbonyl (C=O) groups is 2. The largest absolute Gasteiger partial charge is 0.457 e. The Morgan fingerprint density at radius 3 is 2.33 bits per heavy atom. The number of rotatable bonds is 4. The number of aromatic nitrogens is 1. The van der Waals surface area contributed by atoms with E-state index in [0.717, 1.165) is 0 Å². The summed E-state index contributed by atoms with van der Waals surface area (Å²) in [5, 5.41) is 6.42. The SMILES string of the molecule is Cc1noc(C)c1C=C1C(=O)NC(=S)N(c2ccc(Oc3ccccc3)cc2)C1=O. The van der Waals surface area contributed by atoms with Crippen LogP contribution in [0.4, 0.5) is 5.69 Å². The highest BCUT2D eigenvalue weighted by Gasteiger charge is 2.35. The zero-order valence-corrected chi connectivity index (χ0v) is 17.0. The molecule has 1 aliphatic heterocycles. The Bertz CT molecular complexity index is 1150. The molecular formula is C22H17N3O4S. The van der Waals surface area contributed by atoms with Crippen molar-refractivity contribution >= 4 is 40.9 Å². The van der Waals surface area contributed by atoms with E-state index in [2.05, 4.69) is 10.5 Å². The highest BCUT2D eigenvalue weighted by atomic mass is 32.1. The van der Waals surface area contributed by atoms with Gasteiger partial charge in [-0.15, -0.1) is 0 Å². The molecule has 4 rings (SSSR count). The zero-order chi connectivity index (χ0) is 21.3. The van der Waals surface area contributed by atoms with Crippen LogP contribution in [0, 0.1) is 13.8 Å². The van der Waals surface area contributed by atoms with Gasteiger partial charge in [0.15, 0.2) is 5.11 Å². The fourth-order valence-electron chi connectivity index (χ4n) is 3.02. The van der Waals surface area contributed by atoms with Crippen molar-refractivity contribution in [2.45, 2.75) is 13.8 Å². The highest BCUT2D eigenvalue weighted by Crippen LogP contribution is 2.27. The second-order valence-electron chi connectivity index (χ2n) is 6.60. The molecule has 30 heavy (non-hydrogen) atoms. The number of nitrogens with one attached hydrogen (secondary N) is 1. The van der Waals surface area contributed by atoms with E-state index in [0.29, 0.717) is 34.2 Å². The molecule has 0 atom stereocenters. The molecule has 1 aromatic heterocycles. The third kappa shape index (κ3) is 3.72. The quantitative estimate of drug-likeness (QED) is 0.392. The van der Waals surface area contributed by atoms with Gasteiger partial charge in [0.25, 0.3) is 11.8 Å². The second kappa shape index (κ2) is 7.92. The van der Waals surface area contributed by atoms with Gasteiger partial charge in [-0.1, -0.05) is 23.4 Å². The van der Waals surface area contributed by atoms with E-state index in [1.165, 1.54) is 11.0 Å². The van der Waals surface area contributed by atoms with E-state index in [9.17, 15) is 9.59 Å². The van der Waals surface area contributed by atoms with Crippen LogP contribution >= 0.6 is 12.2 Å². The number of hydrogen-bond donors (Lipinski definition) is 1. The maximum absolute atomic E-state index is 13.1. The molecule has 0 bridgehead atoms. The Hall–Kier alpha value is -3.78. The van der Waals surface area contributed by atoms with Gasteiger partial charge < -0.3 is 9.26 Å². The van der Waals surface area contributed by atoms with Crippen LogP contribution in [0.2, 0.25) is 0 Å². The van der Waals surface area contributed by atoms with E-state index >= 15 is 0 Å². The average Bonchev–Trinajstić information content (AvgIpc) is 3.04. The zero-order valence-electron chi connectivity index (χ0n) is 16.2. The Morgan fingerprint density at radius 1 is 1.03 bits per heavy atom. The summed E-state index contributed by atoms with van der Waals surface area (Å²) in [6.07, 6.45) is 1.47. The minimum atomic E-state index is -0.565. The monoisotopic (exact) mass is 419 g/mol. The van der Waals surface area contributed by atoms with Gasteiger partial charge in [-0.05, 0) is 68.5 Å². The smallest absolute Gasteiger partial charge is 0.270 e. The van der Waals surface area contributed by atoms with E-state index < -0.39 is 11.8 Å². The van der Waals surface area contributed by atoms with Gasteiger partial charge in [0.05, 0.1) is 11.4 Å². The van der Waals surface area contributed by atoms with Crippen molar-refractivity contribution in [2.24, 2.45) is 0 Å². The second-order valence-corrected chi connectivity index (χ2v) is 6.99. The normalized spacial score (nSPS) is 15.5. The number of carbonyl (C=O) groups excluding carboxylic acids is 2. The minimum absolute atomic E-state index is 0.0117. The van der Waals surface area contributed by atoms with Crippen LogP contribution < -0.4 is 15.0 Å². The Balaban J connectivity index is 1.62. The van der Waals surface area contributed by atoms with Crippen LogP contribution in [-0.4, -0.2) is 22.1 Å². The standard InChI is InChI=1S/C22H17N3O4S/c1-13-18(14(2)29-24-13)12-19-20(26)23-22(30)25(21(19)27)15-8-10-17(11-9-15)28-16-6-4-3-5-7-16/h3-12H,1-2H3,(H,23,26,30). The lowest BCUT2D eigenvalue weighted by atomic mass is 10.1. The Kier molecular flexibility index (Phi) is 5.16. The molecule has 150 valence electrons. The van der Waals surface area contributed by atoms with E-state index in [4.69, 9.17) is 21.5 Å². The van der Waals surface area contributed by atoms with Crippen LogP contribution in [0.25, 0.3) is 6.08 Å². The summed E-state index contributed by atoms with van der Waals surface area (Å²) >= 11 is 5.24. The molecule has 8 heteroatoms. The van der Waals surface area contributed by atoms with Gasteiger partial charge in [-0.25, -0.2) is 0 Å². The van der Waals surface area contributed by atoms with Crippen LogP contribution in [0.15, 0.2) is 64.7 Å². The van der Waals surface area contributed by atoms with Gasteiger partial charge >= 0.3 is 0 Å². The first-order valence-electron chi connectivity index (χ1n) is 9.11. The fourth-order valence-corrected chi connectivity index (χ4v) is 3.30. The van der Waals surface area contributed by atoms with Crippen LogP contribution in [-0.2, 0) is 9.59 Å². The first kappa shape index (κ1) is 19.5. The van der Waals surface area contributed by atoms with Crippen molar-refractivity contribution in [3.05, 3.63) is 77.2 Å². The van der Waals surface area contributed by atoms with Crippen molar-refractivity contribution in [1.29, 1.82) is 0 Å². The number of nitrogens with zero attached hydrogens (tertiary/aromatic N) is 2. The summed E-state index contributed by atoms with van der Waals surface area (Å²) in [5.41, 5.74) is 1.63. The van der Waals surface area contributed by atoms with Crippen molar-refractivity contribution in [2.75, 3.05) is 4.90 Å². The summed E-state index contributed by atoms with van der Waals surface area (Å²) < 4.78 is 10.9. The van der Waals surface area contributed by atoms with Gasteiger partial charge in [0, 0.05) is 5.56 Å². The molecule has 0 saturated carbocycles. The average molecular weight is 419 g/mol. The molecule has 2 aromatic carbocycles. The molecule has 1 saturated heterocycles. The molecule has 2 heterocycles. The fraction of sp³-hybridized carbons (Fsp3) is 0.0909. The number of thiocarbonyl (C=S) groups is 1. The van der Waals surface area contributed by atoms with Gasteiger partial charge in [-0.3, -0.25) is 19.8 Å². The Morgan fingerprint density at radius 2 is 1.70 bits per heavy atom. The third-order valence-electron chi connectivity index (χ3n) is 4.55. The van der Waals surface area contributed by atoms with E-state index in [1.807, 2.05) is 30.3 Å². The molecule has 1 N–H and O–H groups in total. The van der Waals surface area contributed by atoms with E-state index in [-0.39, 0.29) is 10.7 Å². The highest BCUT2D eigenvalue weighted by molar-refractivity contribution is 7.80. The van der Waals surface area contributed by atoms with Crippen molar-refractivity contribution in [3.63, 3.8) is 0 Å². The van der Waals surface area contributed by atoms with Gasteiger partial charge in [0.2, 0.25) is 0 Å². The first-order valence-corrected chi connectivity index (χ1v) is 9.52. The van der Waals surface area contributed by atoms with Gasteiger partial charge in [-0.2, -0.15) is 0 Å². The third-order valence-corrected chi connectivity index (χ3v) is 4.84. The van der Waals surface area contributed by atoms with Crippen molar-refractivity contribution in [3.8, 4) is 11.5 Å². The number of hydrogen-bond acceptors (Lipinski definition) is 6. The molecule has 2 amide bonds. The summed E-state index contributed by atoms with van der Waals surface area (Å²) in [4.78, 5) is 26.8. The maximum atomic E-state index is 13.1. The first-order chi connectivity index (χ1) is 14.4. The molecule has 0 radical (unpaired) electrons. The molecule has 0 unspecified atom stereocenters. The van der Waals surface area contributed by atoms with Crippen LogP contribution in [0.1, 0.15) is 17.0 Å². The van der Waals surface area contributed by atoms with Crippen LogP contribution in [0.3, 0.4) is 0 Å². The van der Waals surface area contributed by atoms with Crippen molar-refractivity contribution in [1.82, 2.24) is 10.5 Å². The molecule has 1 fully saturated rings. The molecule has 1 aliphatic rings. The van der Waals surface area contributed by atoms with Crippen LogP contribution in [0.5, 0.6) is 11.5 Å². The number of benzene rings is 2. The number of anilines is 1. The number of aryl methyl sites for hydroxylation is 2. The molecule has 0 spiro atoms. The number of amides is 2. The minimum Gasteiger partial charge on any atom is -0.457 e. The molecule has 3 aromatic rings. The molecular weight excluding hydrogens is 402 g/mol. The summed E-state index contributed by atoms with van der Waals surface area (Å²) in [5.74, 6) is 0.732. The molecule has 7 nitrogen and oxygen atoms in total. The number of ether oxygens (including phenoxy) is 1. The predicted molar refractivity (Wildman–Crippen MR) is 115 cm³/mol. The lowest BCUT2D eigenvalue weighted by Crippen LogP contribution is -2.54. The lowest BCUT2D eigenvalue weighted by molar-refractivity contribution is -0.122. The topological polar surface area (TPSA) is 84.7 Å². The summed E-state index contributed by atoms with van der Waals surface area (Å²) in [6, 6.07) is 16.2. The maximum Gasteiger partial charge on any atom is 0.270 e. The van der Waals surface area contributed by atoms with Gasteiger partial charge in [0.1, 0.15) is 22.8 Å². The summed E-state index contributed by atoms with van der Waals surface area (Å²) in [7, 11) is 0. The molecule has 0 aliphatic carbocycles. The summed E-state index contributed by atoms with van der Waals surface area (Å²) in [6.45, 7) is 3.45. The van der Waals surface area contributed by atoms with E-state index in [1.54, 1.807) is 38.1 Å². The predicted octanol–water partition coefficient (Wildman–Crippen LogP) is 3.92.